The molecule has 0 saturated heterocycles. The molecule has 24 heavy (non-hydrogen) atoms. The van der Waals surface area contributed by atoms with Crippen molar-refractivity contribution in [3.63, 3.8) is 0 Å². The summed E-state index contributed by atoms with van der Waals surface area (Å²) in [5, 5.41) is 0.0541. The predicted octanol–water partition coefficient (Wildman–Crippen LogP) is 2.29. The van der Waals surface area contributed by atoms with Gasteiger partial charge in [0, 0.05) is 18.5 Å². The van der Waals surface area contributed by atoms with Crippen LogP contribution in [0.2, 0.25) is 5.15 Å². The maximum Gasteiger partial charge on any atom is 0.286 e. The van der Waals surface area contributed by atoms with Crippen molar-refractivity contribution in [2.75, 3.05) is 13.0 Å². The molecule has 0 aliphatic heterocycles. The highest BCUT2D eigenvalue weighted by Gasteiger charge is 2.23. The molecule has 130 valence electrons. The molecule has 2 aromatic rings. The Kier molecular flexibility index (Phi) is 6.09. The minimum absolute atomic E-state index is 0.0541. The van der Waals surface area contributed by atoms with Gasteiger partial charge in [-0.3, -0.25) is 4.79 Å². The summed E-state index contributed by atoms with van der Waals surface area (Å²) in [6.45, 7) is 0.477. The average Bonchev–Trinajstić information content (AvgIpc) is 2.93. The van der Waals surface area contributed by atoms with E-state index in [1.54, 1.807) is 6.07 Å². The van der Waals surface area contributed by atoms with Crippen LogP contribution in [0.15, 0.2) is 35.5 Å². The number of methoxy groups -OCH3 is 1. The molecular formula is C14H15Cl2N3O4S. The van der Waals surface area contributed by atoms with Crippen molar-refractivity contribution in [2.45, 2.75) is 17.9 Å². The molecule has 0 unspecified atom stereocenters. The van der Waals surface area contributed by atoms with Gasteiger partial charge in [-0.25, -0.2) is 18.1 Å². The van der Waals surface area contributed by atoms with Crippen LogP contribution in [0.1, 0.15) is 16.9 Å². The number of nitrogens with one attached hydrogen (secondary N) is 1. The van der Waals surface area contributed by atoms with Crippen molar-refractivity contribution in [3.05, 3.63) is 41.4 Å². The van der Waals surface area contributed by atoms with Crippen molar-refractivity contribution in [3.8, 4) is 5.75 Å². The standard InChI is InChI=1S/C14H15Cl2N3O4S/c1-23-10-4-2-5-11(8-10)24(21,22)18-14(20)12-13(16)19(9-17-12)7-3-6-15/h2,4-5,8-9H,3,6-7H2,1H3,(H,18,20). The minimum atomic E-state index is -4.07. The summed E-state index contributed by atoms with van der Waals surface area (Å²) in [5.41, 5.74) is -0.169. The Bertz CT molecular complexity index is 836. The number of ether oxygens (including phenoxy) is 1. The van der Waals surface area contributed by atoms with E-state index in [1.165, 1.54) is 36.2 Å². The summed E-state index contributed by atoms with van der Waals surface area (Å²) in [5.74, 6) is -0.124. The van der Waals surface area contributed by atoms with E-state index in [1.807, 2.05) is 4.72 Å². The van der Waals surface area contributed by atoms with Crippen LogP contribution in [0, 0.1) is 0 Å². The molecule has 0 spiro atoms. The van der Waals surface area contributed by atoms with E-state index in [4.69, 9.17) is 27.9 Å². The van der Waals surface area contributed by atoms with Crippen LogP contribution in [0.5, 0.6) is 5.75 Å². The maximum absolute atomic E-state index is 12.3. The van der Waals surface area contributed by atoms with Crippen molar-refractivity contribution in [1.29, 1.82) is 0 Å². The number of hydrogen-bond donors (Lipinski definition) is 1. The fourth-order valence-corrected chi connectivity index (χ4v) is 3.27. The number of halogens is 2. The number of carbonyl (C=O) groups excluding carboxylic acids is 1. The molecule has 1 N–H and O–H groups in total. The van der Waals surface area contributed by atoms with Crippen molar-refractivity contribution in [1.82, 2.24) is 14.3 Å². The zero-order chi connectivity index (χ0) is 17.7. The topological polar surface area (TPSA) is 90.3 Å². The van der Waals surface area contributed by atoms with Gasteiger partial charge in [0.15, 0.2) is 5.69 Å². The highest BCUT2D eigenvalue weighted by Crippen LogP contribution is 2.19. The Morgan fingerprint density at radius 1 is 1.42 bits per heavy atom. The third-order valence-corrected chi connectivity index (χ3v) is 5.09. The highest BCUT2D eigenvalue weighted by molar-refractivity contribution is 7.90. The largest absolute Gasteiger partial charge is 0.497 e. The van der Waals surface area contributed by atoms with Gasteiger partial charge in [0.25, 0.3) is 15.9 Å². The first kappa shape index (κ1) is 18.6. The Morgan fingerprint density at radius 2 is 2.17 bits per heavy atom. The van der Waals surface area contributed by atoms with Crippen molar-refractivity contribution < 1.29 is 17.9 Å². The molecule has 1 heterocycles. The summed E-state index contributed by atoms with van der Waals surface area (Å²) in [6, 6.07) is 5.75. The van der Waals surface area contributed by atoms with Gasteiger partial charge >= 0.3 is 0 Å². The Balaban J connectivity index is 2.20. The monoisotopic (exact) mass is 391 g/mol. The first-order valence-electron chi connectivity index (χ1n) is 6.87. The van der Waals surface area contributed by atoms with Crippen LogP contribution in [0.25, 0.3) is 0 Å². The minimum Gasteiger partial charge on any atom is -0.497 e. The molecule has 0 atom stereocenters. The fraction of sp³-hybridized carbons (Fsp3) is 0.286. The third kappa shape index (κ3) is 4.19. The number of aryl methyl sites for hydroxylation is 1. The van der Waals surface area contributed by atoms with Crippen LogP contribution < -0.4 is 9.46 Å². The second-order valence-electron chi connectivity index (χ2n) is 4.73. The average molecular weight is 392 g/mol. The van der Waals surface area contributed by atoms with Crippen molar-refractivity contribution in [2.24, 2.45) is 0 Å². The maximum atomic E-state index is 12.3. The molecule has 2 rings (SSSR count). The van der Waals surface area contributed by atoms with Gasteiger partial charge in [-0.15, -0.1) is 11.6 Å². The fourth-order valence-electron chi connectivity index (χ4n) is 1.90. The zero-order valence-electron chi connectivity index (χ0n) is 12.7. The first-order chi connectivity index (χ1) is 11.4. The molecule has 0 radical (unpaired) electrons. The summed E-state index contributed by atoms with van der Waals surface area (Å²) in [6.07, 6.45) is 2.00. The molecule has 10 heteroatoms. The van der Waals surface area contributed by atoms with Crippen LogP contribution >= 0.6 is 23.2 Å². The van der Waals surface area contributed by atoms with E-state index in [9.17, 15) is 13.2 Å². The molecule has 1 amide bonds. The number of carbonyl (C=O) groups is 1. The number of amides is 1. The number of benzene rings is 1. The van der Waals surface area contributed by atoms with Crippen LogP contribution in [-0.2, 0) is 16.6 Å². The van der Waals surface area contributed by atoms with Crippen molar-refractivity contribution >= 4 is 39.1 Å². The normalized spacial score (nSPS) is 11.3. The number of sulfonamides is 1. The lowest BCUT2D eigenvalue weighted by molar-refractivity contribution is 0.0977. The number of aromatic nitrogens is 2. The Morgan fingerprint density at radius 3 is 2.83 bits per heavy atom. The summed E-state index contributed by atoms with van der Waals surface area (Å²) >= 11 is 11.7. The van der Waals surface area contributed by atoms with Gasteiger partial charge in [0.2, 0.25) is 0 Å². The van der Waals surface area contributed by atoms with E-state index in [2.05, 4.69) is 4.98 Å². The molecule has 7 nitrogen and oxygen atoms in total. The quantitative estimate of drug-likeness (QED) is 0.731. The van der Waals surface area contributed by atoms with Crippen LogP contribution in [-0.4, -0.2) is 36.9 Å². The molecule has 1 aromatic carbocycles. The smallest absolute Gasteiger partial charge is 0.286 e. The SMILES string of the molecule is COc1cccc(S(=O)(=O)NC(=O)c2ncn(CCCCl)c2Cl)c1. The molecule has 0 saturated carbocycles. The second kappa shape index (κ2) is 7.87. The van der Waals surface area contributed by atoms with E-state index in [0.29, 0.717) is 24.6 Å². The van der Waals surface area contributed by atoms with E-state index >= 15 is 0 Å². The Labute approximate surface area is 149 Å². The van der Waals surface area contributed by atoms with Gasteiger partial charge in [0.1, 0.15) is 10.9 Å². The van der Waals surface area contributed by atoms with E-state index < -0.39 is 15.9 Å². The third-order valence-electron chi connectivity index (χ3n) is 3.10. The Hall–Kier alpha value is -1.77. The molecular weight excluding hydrogens is 377 g/mol. The number of nitrogens with zero attached hydrogens (tertiary/aromatic N) is 2. The van der Waals surface area contributed by atoms with Gasteiger partial charge < -0.3 is 9.30 Å². The highest BCUT2D eigenvalue weighted by atomic mass is 35.5. The molecule has 0 aliphatic rings. The molecule has 0 bridgehead atoms. The summed E-state index contributed by atoms with van der Waals surface area (Å²) in [4.78, 5) is 16.0. The number of hydrogen-bond acceptors (Lipinski definition) is 5. The number of imidazole rings is 1. The lowest BCUT2D eigenvalue weighted by atomic mass is 10.3. The molecule has 0 aliphatic carbocycles. The number of rotatable bonds is 7. The van der Waals surface area contributed by atoms with Gasteiger partial charge in [-0.1, -0.05) is 17.7 Å². The van der Waals surface area contributed by atoms with Gasteiger partial charge in [-0.05, 0) is 18.6 Å². The number of alkyl halides is 1. The lowest BCUT2D eigenvalue weighted by Gasteiger charge is -2.07. The second-order valence-corrected chi connectivity index (χ2v) is 7.15. The summed E-state index contributed by atoms with van der Waals surface area (Å²) < 4.78 is 33.0. The van der Waals surface area contributed by atoms with Crippen LogP contribution in [0.3, 0.4) is 0 Å². The lowest BCUT2D eigenvalue weighted by Crippen LogP contribution is -2.31. The van der Waals surface area contributed by atoms with Gasteiger partial charge in [0.05, 0.1) is 18.3 Å². The van der Waals surface area contributed by atoms with E-state index in [0.717, 1.165) is 0 Å². The zero-order valence-corrected chi connectivity index (χ0v) is 15.0. The first-order valence-corrected chi connectivity index (χ1v) is 9.26. The predicted molar refractivity (Wildman–Crippen MR) is 90.2 cm³/mol. The van der Waals surface area contributed by atoms with Crippen LogP contribution in [0.4, 0.5) is 0 Å². The molecule has 0 fully saturated rings. The summed E-state index contributed by atoms with van der Waals surface area (Å²) in [7, 11) is -2.66. The van der Waals surface area contributed by atoms with E-state index in [-0.39, 0.29) is 15.7 Å². The van der Waals surface area contributed by atoms with Gasteiger partial charge in [-0.2, -0.15) is 0 Å². The molecule has 1 aromatic heterocycles.